The Bertz CT molecular complexity index is 412. The lowest BCUT2D eigenvalue weighted by molar-refractivity contribution is 0.685. The highest BCUT2D eigenvalue weighted by Crippen LogP contribution is 2.23. The third kappa shape index (κ3) is 3.36. The van der Waals surface area contributed by atoms with Crippen LogP contribution in [0.1, 0.15) is 24.0 Å². The zero-order chi connectivity index (χ0) is 12.3. The highest BCUT2D eigenvalue weighted by Gasteiger charge is 2.15. The first-order valence-corrected chi connectivity index (χ1v) is 7.48. The SMILES string of the molecule is Cc1ccc(NC2CCCSC2)c(C(N)=S)c1. The molecule has 92 valence electrons. The molecule has 0 radical (unpaired) electrons. The van der Waals surface area contributed by atoms with Crippen LogP contribution in [-0.4, -0.2) is 22.5 Å². The normalized spacial score (nSPS) is 19.9. The number of hydrogen-bond acceptors (Lipinski definition) is 3. The largest absolute Gasteiger partial charge is 0.389 e. The van der Waals surface area contributed by atoms with Crippen LogP contribution in [0.25, 0.3) is 0 Å². The van der Waals surface area contributed by atoms with Gasteiger partial charge in [-0.1, -0.05) is 23.8 Å². The van der Waals surface area contributed by atoms with Crippen LogP contribution in [0, 0.1) is 6.92 Å². The van der Waals surface area contributed by atoms with Gasteiger partial charge < -0.3 is 11.1 Å². The molecule has 1 fully saturated rings. The van der Waals surface area contributed by atoms with Crippen molar-refractivity contribution >= 4 is 34.7 Å². The second-order valence-corrected chi connectivity index (χ2v) is 6.06. The molecule has 1 aromatic carbocycles. The van der Waals surface area contributed by atoms with Crippen LogP contribution >= 0.6 is 24.0 Å². The Labute approximate surface area is 112 Å². The van der Waals surface area contributed by atoms with Gasteiger partial charge >= 0.3 is 0 Å². The van der Waals surface area contributed by atoms with Crippen molar-refractivity contribution in [2.45, 2.75) is 25.8 Å². The average molecular weight is 266 g/mol. The Balaban J connectivity index is 2.16. The molecular weight excluding hydrogens is 248 g/mol. The van der Waals surface area contributed by atoms with Gasteiger partial charge in [0.1, 0.15) is 4.99 Å². The van der Waals surface area contributed by atoms with Gasteiger partial charge in [-0.05, 0) is 37.7 Å². The van der Waals surface area contributed by atoms with Gasteiger partial charge in [-0.2, -0.15) is 11.8 Å². The van der Waals surface area contributed by atoms with Gasteiger partial charge in [0, 0.05) is 23.0 Å². The Kier molecular flexibility index (Phi) is 4.29. The fourth-order valence-corrected chi connectivity index (χ4v) is 3.30. The third-order valence-electron chi connectivity index (χ3n) is 2.96. The number of benzene rings is 1. The summed E-state index contributed by atoms with van der Waals surface area (Å²) in [4.78, 5) is 0.472. The van der Waals surface area contributed by atoms with E-state index >= 15 is 0 Å². The lowest BCUT2D eigenvalue weighted by Gasteiger charge is -2.24. The molecule has 1 atom stereocenters. The number of nitrogens with one attached hydrogen (secondary N) is 1. The van der Waals surface area contributed by atoms with Gasteiger partial charge in [-0.15, -0.1) is 0 Å². The van der Waals surface area contributed by atoms with E-state index in [1.165, 1.54) is 29.9 Å². The van der Waals surface area contributed by atoms with Gasteiger partial charge in [0.05, 0.1) is 0 Å². The summed E-state index contributed by atoms with van der Waals surface area (Å²) >= 11 is 7.12. The molecule has 2 rings (SSSR count). The van der Waals surface area contributed by atoms with E-state index in [0.29, 0.717) is 11.0 Å². The molecule has 4 heteroatoms. The Morgan fingerprint density at radius 3 is 3.00 bits per heavy atom. The molecule has 0 spiro atoms. The van der Waals surface area contributed by atoms with Crippen LogP contribution in [0.3, 0.4) is 0 Å². The van der Waals surface area contributed by atoms with Crippen LogP contribution in [0.5, 0.6) is 0 Å². The number of anilines is 1. The molecule has 17 heavy (non-hydrogen) atoms. The van der Waals surface area contributed by atoms with Crippen molar-refractivity contribution in [2.75, 3.05) is 16.8 Å². The zero-order valence-corrected chi connectivity index (χ0v) is 11.7. The molecule has 2 nitrogen and oxygen atoms in total. The summed E-state index contributed by atoms with van der Waals surface area (Å²) in [5.41, 5.74) is 9.01. The van der Waals surface area contributed by atoms with Crippen molar-refractivity contribution in [3.8, 4) is 0 Å². The Morgan fingerprint density at radius 1 is 1.53 bits per heavy atom. The quantitative estimate of drug-likeness (QED) is 0.825. The minimum atomic E-state index is 0.472. The minimum absolute atomic E-state index is 0.472. The molecule has 3 N–H and O–H groups in total. The Hall–Kier alpha value is -0.740. The lowest BCUT2D eigenvalue weighted by atomic mass is 10.1. The Morgan fingerprint density at radius 2 is 2.35 bits per heavy atom. The minimum Gasteiger partial charge on any atom is -0.389 e. The predicted octanol–water partition coefficient (Wildman–Crippen LogP) is 2.94. The molecular formula is C13H18N2S2. The van der Waals surface area contributed by atoms with Gasteiger partial charge in [0.25, 0.3) is 0 Å². The fourth-order valence-electron chi connectivity index (χ4n) is 2.06. The van der Waals surface area contributed by atoms with Crippen LogP contribution in [0.2, 0.25) is 0 Å². The molecule has 1 heterocycles. The average Bonchev–Trinajstić information content (AvgIpc) is 2.32. The van der Waals surface area contributed by atoms with E-state index in [-0.39, 0.29) is 0 Å². The number of hydrogen-bond donors (Lipinski definition) is 2. The molecule has 1 aliphatic rings. The summed E-state index contributed by atoms with van der Waals surface area (Å²) in [5, 5.41) is 3.57. The van der Waals surface area contributed by atoms with E-state index in [1.807, 2.05) is 11.8 Å². The van der Waals surface area contributed by atoms with E-state index in [4.69, 9.17) is 18.0 Å². The van der Waals surface area contributed by atoms with Gasteiger partial charge in [0.2, 0.25) is 0 Å². The molecule has 1 saturated heterocycles. The maximum absolute atomic E-state index is 5.77. The van der Waals surface area contributed by atoms with Crippen LogP contribution < -0.4 is 11.1 Å². The van der Waals surface area contributed by atoms with E-state index in [2.05, 4.69) is 30.4 Å². The van der Waals surface area contributed by atoms with Gasteiger partial charge in [-0.25, -0.2) is 0 Å². The molecule has 0 amide bonds. The van der Waals surface area contributed by atoms with Crippen molar-refractivity contribution in [1.29, 1.82) is 0 Å². The first kappa shape index (κ1) is 12.7. The van der Waals surface area contributed by atoms with Crippen molar-refractivity contribution in [1.82, 2.24) is 0 Å². The van der Waals surface area contributed by atoms with E-state index in [1.54, 1.807) is 0 Å². The van der Waals surface area contributed by atoms with Gasteiger partial charge in [-0.3, -0.25) is 0 Å². The monoisotopic (exact) mass is 266 g/mol. The maximum atomic E-state index is 5.77. The summed E-state index contributed by atoms with van der Waals surface area (Å²) < 4.78 is 0. The summed E-state index contributed by atoms with van der Waals surface area (Å²) in [6.07, 6.45) is 2.52. The summed E-state index contributed by atoms with van der Waals surface area (Å²) in [5.74, 6) is 2.46. The fraction of sp³-hybridized carbons (Fsp3) is 0.462. The van der Waals surface area contributed by atoms with E-state index < -0.39 is 0 Å². The lowest BCUT2D eigenvalue weighted by Crippen LogP contribution is -2.27. The van der Waals surface area contributed by atoms with Crippen molar-refractivity contribution in [3.05, 3.63) is 29.3 Å². The second-order valence-electron chi connectivity index (χ2n) is 4.47. The molecule has 1 aromatic rings. The number of thioether (sulfide) groups is 1. The molecule has 0 aliphatic carbocycles. The number of thiocarbonyl (C=S) groups is 1. The maximum Gasteiger partial charge on any atom is 0.106 e. The topological polar surface area (TPSA) is 38.0 Å². The first-order valence-electron chi connectivity index (χ1n) is 5.91. The van der Waals surface area contributed by atoms with Crippen molar-refractivity contribution < 1.29 is 0 Å². The smallest absolute Gasteiger partial charge is 0.106 e. The number of rotatable bonds is 3. The molecule has 0 saturated carbocycles. The highest BCUT2D eigenvalue weighted by molar-refractivity contribution is 7.99. The first-order chi connectivity index (χ1) is 8.16. The summed E-state index contributed by atoms with van der Waals surface area (Å²) in [6, 6.07) is 6.79. The van der Waals surface area contributed by atoms with Crippen LogP contribution in [0.4, 0.5) is 5.69 Å². The van der Waals surface area contributed by atoms with Crippen LogP contribution in [-0.2, 0) is 0 Å². The summed E-state index contributed by atoms with van der Waals surface area (Å²) in [6.45, 7) is 2.06. The zero-order valence-electron chi connectivity index (χ0n) is 10.0. The van der Waals surface area contributed by atoms with Crippen LogP contribution in [0.15, 0.2) is 18.2 Å². The highest BCUT2D eigenvalue weighted by atomic mass is 32.2. The molecule has 1 unspecified atom stereocenters. The third-order valence-corrected chi connectivity index (χ3v) is 4.40. The number of aryl methyl sites for hydroxylation is 1. The molecule has 0 aromatic heterocycles. The standard InChI is InChI=1S/C13H18N2S2/c1-9-4-5-12(11(7-9)13(14)16)15-10-3-2-6-17-8-10/h4-5,7,10,15H,2-3,6,8H2,1H3,(H2,14,16). The second kappa shape index (κ2) is 5.74. The van der Waals surface area contributed by atoms with Crippen molar-refractivity contribution in [3.63, 3.8) is 0 Å². The molecule has 0 bridgehead atoms. The van der Waals surface area contributed by atoms with Gasteiger partial charge in [0.15, 0.2) is 0 Å². The number of nitrogens with two attached hydrogens (primary N) is 1. The molecule has 1 aliphatic heterocycles. The summed E-state index contributed by atoms with van der Waals surface area (Å²) in [7, 11) is 0. The predicted molar refractivity (Wildman–Crippen MR) is 81.0 cm³/mol. The van der Waals surface area contributed by atoms with E-state index in [9.17, 15) is 0 Å². The van der Waals surface area contributed by atoms with Crippen molar-refractivity contribution in [2.24, 2.45) is 5.73 Å². The van der Waals surface area contributed by atoms with E-state index in [0.717, 1.165) is 11.3 Å².